The minimum Gasteiger partial charge on any atom is -0.467 e. The van der Waals surface area contributed by atoms with Crippen molar-refractivity contribution in [2.75, 3.05) is 18.7 Å². The average molecular weight is 365 g/mol. The standard InChI is InChI=1S/C18H18ClFN2O3/c1-11-2-3-14(19)8-16(11)22-18(23)21-5-4-12-6-15(20)7-13-9-24-10-25-17(12)13/h2-3,6-8H,4-5,9-10H2,1H3,(H2,21,22,23). The summed E-state index contributed by atoms with van der Waals surface area (Å²) in [5.74, 6) is 0.294. The summed E-state index contributed by atoms with van der Waals surface area (Å²) < 4.78 is 24.3. The Hall–Kier alpha value is -2.31. The summed E-state index contributed by atoms with van der Waals surface area (Å²) in [6, 6.07) is 7.76. The zero-order valence-electron chi connectivity index (χ0n) is 13.7. The fraction of sp³-hybridized carbons (Fsp3) is 0.278. The highest BCUT2D eigenvalue weighted by molar-refractivity contribution is 6.31. The van der Waals surface area contributed by atoms with Gasteiger partial charge in [0.25, 0.3) is 0 Å². The van der Waals surface area contributed by atoms with E-state index in [2.05, 4.69) is 10.6 Å². The van der Waals surface area contributed by atoms with Crippen LogP contribution in [0.3, 0.4) is 0 Å². The molecule has 132 valence electrons. The number of fused-ring (bicyclic) bond motifs is 1. The third kappa shape index (κ3) is 4.41. The number of halogens is 2. The number of carbonyl (C=O) groups is 1. The molecule has 2 N–H and O–H groups in total. The molecule has 25 heavy (non-hydrogen) atoms. The Morgan fingerprint density at radius 2 is 2.16 bits per heavy atom. The monoisotopic (exact) mass is 364 g/mol. The molecule has 5 nitrogen and oxygen atoms in total. The molecule has 1 heterocycles. The van der Waals surface area contributed by atoms with Gasteiger partial charge in [-0.3, -0.25) is 0 Å². The topological polar surface area (TPSA) is 59.6 Å². The molecule has 0 bridgehead atoms. The summed E-state index contributed by atoms with van der Waals surface area (Å²) >= 11 is 5.94. The lowest BCUT2D eigenvalue weighted by atomic mass is 10.1. The van der Waals surface area contributed by atoms with Gasteiger partial charge in [0, 0.05) is 22.8 Å². The number of ether oxygens (including phenoxy) is 2. The highest BCUT2D eigenvalue weighted by Gasteiger charge is 2.17. The Morgan fingerprint density at radius 1 is 1.32 bits per heavy atom. The maximum atomic E-state index is 13.7. The van der Waals surface area contributed by atoms with Crippen LogP contribution in [0, 0.1) is 12.7 Å². The number of amides is 2. The molecule has 0 saturated heterocycles. The molecule has 0 spiro atoms. The Morgan fingerprint density at radius 3 is 3.00 bits per heavy atom. The molecule has 0 unspecified atom stereocenters. The minimum absolute atomic E-state index is 0.146. The van der Waals surface area contributed by atoms with Crippen molar-refractivity contribution in [1.29, 1.82) is 0 Å². The maximum absolute atomic E-state index is 13.7. The maximum Gasteiger partial charge on any atom is 0.319 e. The molecular weight excluding hydrogens is 347 g/mol. The van der Waals surface area contributed by atoms with Gasteiger partial charge in [-0.05, 0) is 48.7 Å². The third-order valence-electron chi connectivity index (χ3n) is 3.88. The van der Waals surface area contributed by atoms with E-state index in [-0.39, 0.29) is 18.6 Å². The third-order valence-corrected chi connectivity index (χ3v) is 4.11. The predicted octanol–water partition coefficient (Wildman–Crippen LogP) is 4.02. The van der Waals surface area contributed by atoms with Crippen LogP contribution in [0.2, 0.25) is 5.02 Å². The molecule has 2 aromatic carbocycles. The van der Waals surface area contributed by atoms with Gasteiger partial charge in [0.15, 0.2) is 6.79 Å². The van der Waals surface area contributed by atoms with Crippen LogP contribution in [0.5, 0.6) is 5.75 Å². The second-order valence-electron chi connectivity index (χ2n) is 5.75. The molecule has 3 rings (SSSR count). The summed E-state index contributed by atoms with van der Waals surface area (Å²) in [7, 11) is 0. The number of rotatable bonds is 4. The molecule has 0 fully saturated rings. The van der Waals surface area contributed by atoms with Gasteiger partial charge in [-0.1, -0.05) is 17.7 Å². The number of benzene rings is 2. The summed E-state index contributed by atoms with van der Waals surface area (Å²) in [6.45, 7) is 2.69. The van der Waals surface area contributed by atoms with Crippen LogP contribution in [-0.4, -0.2) is 19.4 Å². The Balaban J connectivity index is 1.59. The van der Waals surface area contributed by atoms with Crippen molar-refractivity contribution >= 4 is 23.3 Å². The Labute approximate surface area is 150 Å². The van der Waals surface area contributed by atoms with Gasteiger partial charge >= 0.3 is 6.03 Å². The van der Waals surface area contributed by atoms with Crippen molar-refractivity contribution in [3.05, 3.63) is 57.9 Å². The summed E-state index contributed by atoms with van der Waals surface area (Å²) in [6.07, 6.45) is 0.446. The van der Waals surface area contributed by atoms with Gasteiger partial charge in [0.05, 0.1) is 6.61 Å². The Bertz CT molecular complexity index is 798. The quantitative estimate of drug-likeness (QED) is 0.861. The molecule has 0 aliphatic carbocycles. The zero-order valence-corrected chi connectivity index (χ0v) is 14.5. The van der Waals surface area contributed by atoms with Crippen molar-refractivity contribution in [2.45, 2.75) is 20.0 Å². The molecule has 7 heteroatoms. The molecule has 1 aliphatic rings. The molecule has 2 aromatic rings. The molecule has 0 radical (unpaired) electrons. The highest BCUT2D eigenvalue weighted by atomic mass is 35.5. The van der Waals surface area contributed by atoms with E-state index in [0.717, 1.165) is 5.56 Å². The average Bonchev–Trinajstić information content (AvgIpc) is 2.58. The van der Waals surface area contributed by atoms with E-state index in [0.29, 0.717) is 47.2 Å². The van der Waals surface area contributed by atoms with Crippen LogP contribution in [0.4, 0.5) is 14.9 Å². The first-order valence-electron chi connectivity index (χ1n) is 7.86. The van der Waals surface area contributed by atoms with Gasteiger partial charge in [0.2, 0.25) is 0 Å². The first-order valence-corrected chi connectivity index (χ1v) is 8.23. The van der Waals surface area contributed by atoms with E-state index >= 15 is 0 Å². The van der Waals surface area contributed by atoms with Crippen LogP contribution in [0.15, 0.2) is 30.3 Å². The van der Waals surface area contributed by atoms with Crippen LogP contribution in [-0.2, 0) is 17.8 Å². The van der Waals surface area contributed by atoms with Gasteiger partial charge in [-0.2, -0.15) is 0 Å². The van der Waals surface area contributed by atoms with Gasteiger partial charge in [-0.25, -0.2) is 9.18 Å². The van der Waals surface area contributed by atoms with E-state index in [9.17, 15) is 9.18 Å². The van der Waals surface area contributed by atoms with Gasteiger partial charge < -0.3 is 20.1 Å². The number of hydrogen-bond acceptors (Lipinski definition) is 3. The van der Waals surface area contributed by atoms with Crippen LogP contribution < -0.4 is 15.4 Å². The second-order valence-corrected chi connectivity index (χ2v) is 6.19. The summed E-state index contributed by atoms with van der Waals surface area (Å²) in [5, 5.41) is 6.05. The summed E-state index contributed by atoms with van der Waals surface area (Å²) in [5.41, 5.74) is 2.94. The van der Waals surface area contributed by atoms with Crippen LogP contribution >= 0.6 is 11.6 Å². The number of aryl methyl sites for hydroxylation is 1. The van der Waals surface area contributed by atoms with Crippen molar-refractivity contribution in [2.24, 2.45) is 0 Å². The summed E-state index contributed by atoms with van der Waals surface area (Å²) in [4.78, 5) is 12.0. The lowest BCUT2D eigenvalue weighted by molar-refractivity contribution is -0.0172. The van der Waals surface area contributed by atoms with E-state index in [1.54, 1.807) is 12.1 Å². The van der Waals surface area contributed by atoms with Crippen molar-refractivity contribution in [1.82, 2.24) is 5.32 Å². The molecular formula is C18H18ClFN2O3. The highest BCUT2D eigenvalue weighted by Crippen LogP contribution is 2.29. The van der Waals surface area contributed by atoms with Crippen LogP contribution in [0.1, 0.15) is 16.7 Å². The molecule has 0 saturated carbocycles. The number of urea groups is 1. The first-order chi connectivity index (χ1) is 12.0. The smallest absolute Gasteiger partial charge is 0.319 e. The van der Waals surface area contributed by atoms with E-state index in [1.165, 1.54) is 12.1 Å². The first kappa shape index (κ1) is 17.5. The van der Waals surface area contributed by atoms with Crippen molar-refractivity contribution < 1.29 is 18.7 Å². The largest absolute Gasteiger partial charge is 0.467 e. The van der Waals surface area contributed by atoms with Gasteiger partial charge in [0.1, 0.15) is 11.6 Å². The normalized spacial score (nSPS) is 12.9. The van der Waals surface area contributed by atoms with Crippen LogP contribution in [0.25, 0.3) is 0 Å². The SMILES string of the molecule is Cc1ccc(Cl)cc1NC(=O)NCCc1cc(F)cc2c1OCOC2. The lowest BCUT2D eigenvalue weighted by Crippen LogP contribution is -2.31. The predicted molar refractivity (Wildman–Crippen MR) is 93.6 cm³/mol. The lowest BCUT2D eigenvalue weighted by Gasteiger charge is -2.21. The molecule has 0 atom stereocenters. The number of anilines is 1. The minimum atomic E-state index is -0.347. The molecule has 2 amide bonds. The number of carbonyl (C=O) groups excluding carboxylic acids is 1. The van der Waals surface area contributed by atoms with Gasteiger partial charge in [-0.15, -0.1) is 0 Å². The number of nitrogens with one attached hydrogen (secondary N) is 2. The van der Waals surface area contributed by atoms with E-state index < -0.39 is 0 Å². The second kappa shape index (κ2) is 7.72. The van der Waals surface area contributed by atoms with Crippen molar-refractivity contribution in [3.8, 4) is 5.75 Å². The fourth-order valence-electron chi connectivity index (χ4n) is 2.65. The zero-order chi connectivity index (χ0) is 17.8. The Kier molecular flexibility index (Phi) is 5.40. The van der Waals surface area contributed by atoms with E-state index in [1.807, 2.05) is 13.0 Å². The van der Waals surface area contributed by atoms with Crippen molar-refractivity contribution in [3.63, 3.8) is 0 Å². The number of hydrogen-bond donors (Lipinski definition) is 2. The fourth-order valence-corrected chi connectivity index (χ4v) is 2.82. The molecule has 0 aromatic heterocycles. The van der Waals surface area contributed by atoms with E-state index in [4.69, 9.17) is 21.1 Å². The molecule has 1 aliphatic heterocycles.